The topological polar surface area (TPSA) is 76.6 Å². The van der Waals surface area contributed by atoms with Gasteiger partial charge in [-0.05, 0) is 43.5 Å². The lowest BCUT2D eigenvalue weighted by Gasteiger charge is -2.33. The summed E-state index contributed by atoms with van der Waals surface area (Å²) in [5.41, 5.74) is 2.31. The highest BCUT2D eigenvalue weighted by atomic mass is 16.5. The molecule has 1 fully saturated rings. The van der Waals surface area contributed by atoms with Gasteiger partial charge in [-0.1, -0.05) is 31.2 Å². The SMILES string of the molecule is CCCOc1nc2ccccc2nc1N1CCCC(C(=O)Nc2ccccc2OC)C1. The van der Waals surface area contributed by atoms with Crippen LogP contribution in [0.4, 0.5) is 11.5 Å². The van der Waals surface area contributed by atoms with Crippen molar-refractivity contribution < 1.29 is 14.3 Å². The fraction of sp³-hybridized carbons (Fsp3) is 0.375. The lowest BCUT2D eigenvalue weighted by molar-refractivity contribution is -0.120. The molecule has 1 atom stereocenters. The Balaban J connectivity index is 1.56. The number of hydrogen-bond donors (Lipinski definition) is 1. The van der Waals surface area contributed by atoms with Crippen LogP contribution in [0.3, 0.4) is 0 Å². The number of aromatic nitrogens is 2. The number of nitrogens with one attached hydrogen (secondary N) is 1. The number of carbonyl (C=O) groups is 1. The smallest absolute Gasteiger partial charge is 0.258 e. The van der Waals surface area contributed by atoms with Gasteiger partial charge in [-0.3, -0.25) is 4.79 Å². The van der Waals surface area contributed by atoms with Gasteiger partial charge in [0.25, 0.3) is 5.88 Å². The van der Waals surface area contributed by atoms with E-state index in [1.165, 1.54) is 0 Å². The Kier molecular flexibility index (Phi) is 6.50. The number of ether oxygens (including phenoxy) is 2. The second-order valence-electron chi connectivity index (χ2n) is 7.66. The summed E-state index contributed by atoms with van der Waals surface area (Å²) in [6.07, 6.45) is 2.60. The molecule has 1 N–H and O–H groups in total. The molecule has 1 aliphatic rings. The molecule has 7 nitrogen and oxygen atoms in total. The zero-order valence-corrected chi connectivity index (χ0v) is 18.0. The number of rotatable bonds is 7. The van der Waals surface area contributed by atoms with Gasteiger partial charge in [0.2, 0.25) is 5.91 Å². The van der Waals surface area contributed by atoms with Gasteiger partial charge < -0.3 is 19.7 Å². The average Bonchev–Trinajstić information content (AvgIpc) is 2.82. The summed E-state index contributed by atoms with van der Waals surface area (Å²) in [6, 6.07) is 15.2. The van der Waals surface area contributed by atoms with Gasteiger partial charge in [0.05, 0.1) is 36.4 Å². The van der Waals surface area contributed by atoms with Crippen LogP contribution in [0, 0.1) is 5.92 Å². The Morgan fingerprint density at radius 3 is 2.65 bits per heavy atom. The first-order valence-electron chi connectivity index (χ1n) is 10.8. The highest BCUT2D eigenvalue weighted by Gasteiger charge is 2.29. The van der Waals surface area contributed by atoms with E-state index >= 15 is 0 Å². The van der Waals surface area contributed by atoms with Crippen LogP contribution >= 0.6 is 0 Å². The minimum absolute atomic E-state index is 0.0148. The summed E-state index contributed by atoms with van der Waals surface area (Å²) in [4.78, 5) is 24.7. The third kappa shape index (κ3) is 4.71. The molecule has 1 saturated heterocycles. The van der Waals surface area contributed by atoms with E-state index in [0.29, 0.717) is 36.3 Å². The van der Waals surface area contributed by atoms with Gasteiger partial charge in [-0.2, -0.15) is 0 Å². The summed E-state index contributed by atoms with van der Waals surface area (Å²) in [5.74, 6) is 1.72. The van der Waals surface area contributed by atoms with E-state index in [0.717, 1.165) is 36.8 Å². The number of carbonyl (C=O) groups excluding carboxylic acids is 1. The van der Waals surface area contributed by atoms with Crippen LogP contribution in [0.15, 0.2) is 48.5 Å². The Bertz CT molecular complexity index is 1060. The molecule has 0 radical (unpaired) electrons. The standard InChI is InChI=1S/C24H28N4O3/c1-3-15-31-24-22(25-18-10-4-5-11-19(18)27-24)28-14-8-9-17(16-28)23(29)26-20-12-6-7-13-21(20)30-2/h4-7,10-13,17H,3,8-9,14-16H2,1-2H3,(H,26,29). The van der Waals surface area contributed by atoms with E-state index in [-0.39, 0.29) is 11.8 Å². The molecule has 1 aromatic heterocycles. The maximum absolute atomic E-state index is 13.0. The summed E-state index contributed by atoms with van der Waals surface area (Å²) < 4.78 is 11.3. The van der Waals surface area contributed by atoms with Crippen LogP contribution < -0.4 is 19.7 Å². The number of fused-ring (bicyclic) bond motifs is 1. The third-order valence-electron chi connectivity index (χ3n) is 5.42. The van der Waals surface area contributed by atoms with Crippen LogP contribution in [-0.2, 0) is 4.79 Å². The van der Waals surface area contributed by atoms with Crippen molar-refractivity contribution in [3.05, 3.63) is 48.5 Å². The summed E-state index contributed by atoms with van der Waals surface area (Å²) in [7, 11) is 1.60. The van der Waals surface area contributed by atoms with Crippen molar-refractivity contribution in [3.63, 3.8) is 0 Å². The fourth-order valence-corrected chi connectivity index (χ4v) is 3.84. The number of benzene rings is 2. The first-order chi connectivity index (χ1) is 15.2. The Labute approximate surface area is 182 Å². The van der Waals surface area contributed by atoms with Gasteiger partial charge in [0.1, 0.15) is 5.75 Å². The highest BCUT2D eigenvalue weighted by molar-refractivity contribution is 5.94. The number of methoxy groups -OCH3 is 1. The molecule has 2 heterocycles. The predicted molar refractivity (Wildman–Crippen MR) is 122 cm³/mol. The summed E-state index contributed by atoms with van der Waals surface area (Å²) in [6.45, 7) is 4.02. The second kappa shape index (κ2) is 9.64. The average molecular weight is 421 g/mol. The number of hydrogen-bond acceptors (Lipinski definition) is 6. The largest absolute Gasteiger partial charge is 0.495 e. The minimum Gasteiger partial charge on any atom is -0.495 e. The Morgan fingerprint density at radius 2 is 1.87 bits per heavy atom. The van der Waals surface area contributed by atoms with Crippen molar-refractivity contribution in [2.45, 2.75) is 26.2 Å². The van der Waals surface area contributed by atoms with Crippen molar-refractivity contribution in [2.24, 2.45) is 5.92 Å². The van der Waals surface area contributed by atoms with Crippen LogP contribution in [0.5, 0.6) is 11.6 Å². The van der Waals surface area contributed by atoms with E-state index in [2.05, 4.69) is 17.1 Å². The molecule has 0 aliphatic carbocycles. The molecule has 1 aliphatic heterocycles. The van der Waals surface area contributed by atoms with Crippen LogP contribution in [0.25, 0.3) is 11.0 Å². The molecule has 31 heavy (non-hydrogen) atoms. The third-order valence-corrected chi connectivity index (χ3v) is 5.42. The van der Waals surface area contributed by atoms with E-state index in [1.807, 2.05) is 48.5 Å². The van der Waals surface area contributed by atoms with Gasteiger partial charge in [-0.15, -0.1) is 0 Å². The zero-order chi connectivity index (χ0) is 21.6. The number of para-hydroxylation sites is 4. The predicted octanol–water partition coefficient (Wildman–Crippen LogP) is 4.28. The van der Waals surface area contributed by atoms with E-state index in [4.69, 9.17) is 19.4 Å². The van der Waals surface area contributed by atoms with Gasteiger partial charge >= 0.3 is 0 Å². The summed E-state index contributed by atoms with van der Waals surface area (Å²) >= 11 is 0. The maximum Gasteiger partial charge on any atom is 0.258 e. The molecule has 4 rings (SSSR count). The number of amides is 1. The first-order valence-corrected chi connectivity index (χ1v) is 10.8. The molecule has 0 saturated carbocycles. The lowest BCUT2D eigenvalue weighted by Crippen LogP contribution is -2.41. The molecule has 162 valence electrons. The number of nitrogens with zero attached hydrogens (tertiary/aromatic N) is 3. The molecule has 1 unspecified atom stereocenters. The molecule has 0 bridgehead atoms. The fourth-order valence-electron chi connectivity index (χ4n) is 3.84. The van der Waals surface area contributed by atoms with Crippen molar-refractivity contribution >= 4 is 28.4 Å². The molecular formula is C24H28N4O3. The van der Waals surface area contributed by atoms with Gasteiger partial charge in [0.15, 0.2) is 5.82 Å². The van der Waals surface area contributed by atoms with E-state index < -0.39 is 0 Å². The monoisotopic (exact) mass is 420 g/mol. The maximum atomic E-state index is 13.0. The van der Waals surface area contributed by atoms with Crippen molar-refractivity contribution in [1.29, 1.82) is 0 Å². The number of anilines is 2. The second-order valence-corrected chi connectivity index (χ2v) is 7.66. The molecular weight excluding hydrogens is 392 g/mol. The normalized spacial score (nSPS) is 16.2. The quantitative estimate of drug-likeness (QED) is 0.615. The highest BCUT2D eigenvalue weighted by Crippen LogP contribution is 2.32. The van der Waals surface area contributed by atoms with E-state index in [9.17, 15) is 4.79 Å². The Morgan fingerprint density at radius 1 is 1.13 bits per heavy atom. The summed E-state index contributed by atoms with van der Waals surface area (Å²) in [5, 5.41) is 3.02. The first kappa shape index (κ1) is 20.9. The van der Waals surface area contributed by atoms with Gasteiger partial charge in [-0.25, -0.2) is 9.97 Å². The van der Waals surface area contributed by atoms with Crippen molar-refractivity contribution in [2.75, 3.05) is 37.0 Å². The molecule has 2 aromatic carbocycles. The van der Waals surface area contributed by atoms with Crippen LogP contribution in [0.1, 0.15) is 26.2 Å². The zero-order valence-electron chi connectivity index (χ0n) is 18.0. The Hall–Kier alpha value is -3.35. The van der Waals surface area contributed by atoms with E-state index in [1.54, 1.807) is 7.11 Å². The molecule has 1 amide bonds. The lowest BCUT2D eigenvalue weighted by atomic mass is 9.97. The van der Waals surface area contributed by atoms with Crippen LogP contribution in [-0.4, -0.2) is 42.7 Å². The minimum atomic E-state index is -0.161. The van der Waals surface area contributed by atoms with Crippen molar-refractivity contribution in [1.82, 2.24) is 9.97 Å². The number of piperidine rings is 1. The van der Waals surface area contributed by atoms with Crippen molar-refractivity contribution in [3.8, 4) is 11.6 Å². The molecule has 3 aromatic rings. The molecule has 0 spiro atoms. The van der Waals surface area contributed by atoms with Gasteiger partial charge in [0, 0.05) is 13.1 Å². The van der Waals surface area contributed by atoms with Crippen LogP contribution in [0.2, 0.25) is 0 Å². The molecule has 7 heteroatoms.